The maximum absolute atomic E-state index is 10.0. The predicted octanol–water partition coefficient (Wildman–Crippen LogP) is 6.95. The highest BCUT2D eigenvalue weighted by Crippen LogP contribution is 2.39. The van der Waals surface area contributed by atoms with Crippen molar-refractivity contribution in [1.82, 2.24) is 9.80 Å². The number of hydrogen-bond donors (Lipinski definition) is 1. The maximum atomic E-state index is 10.0. The largest absolute Gasteiger partial charge is 0.508 e. The van der Waals surface area contributed by atoms with E-state index in [-0.39, 0.29) is 11.6 Å². The fraction of sp³-hybridized carbons (Fsp3) is 0.467. The Kier molecular flexibility index (Phi) is 9.01. The van der Waals surface area contributed by atoms with Crippen molar-refractivity contribution < 1.29 is 9.84 Å². The molecule has 1 fully saturated rings. The Morgan fingerprint density at radius 3 is 2.49 bits per heavy atom. The summed E-state index contributed by atoms with van der Waals surface area (Å²) in [5.41, 5.74) is 3.78. The average Bonchev–Trinajstić information content (AvgIpc) is 3.40. The van der Waals surface area contributed by atoms with Crippen molar-refractivity contribution in [2.24, 2.45) is 0 Å². The molecule has 35 heavy (non-hydrogen) atoms. The van der Waals surface area contributed by atoms with E-state index >= 15 is 0 Å². The number of ether oxygens (including phenoxy) is 1. The number of thiophene rings is 1. The van der Waals surface area contributed by atoms with Gasteiger partial charge in [-0.3, -0.25) is 9.80 Å². The molecule has 188 valence electrons. The van der Waals surface area contributed by atoms with Crippen LogP contribution in [0.15, 0.2) is 66.0 Å². The molecule has 1 aromatic heterocycles. The van der Waals surface area contributed by atoms with Gasteiger partial charge >= 0.3 is 0 Å². The molecule has 0 radical (unpaired) electrons. The molecule has 1 saturated heterocycles. The van der Waals surface area contributed by atoms with Crippen LogP contribution in [0.25, 0.3) is 0 Å². The molecule has 0 unspecified atom stereocenters. The van der Waals surface area contributed by atoms with Crippen LogP contribution in [0.2, 0.25) is 0 Å². The molecule has 1 N–H and O–H groups in total. The van der Waals surface area contributed by atoms with E-state index in [2.05, 4.69) is 78.7 Å². The minimum Gasteiger partial charge on any atom is -0.508 e. The molecule has 0 amide bonds. The molecule has 1 atom stereocenters. The first-order valence-corrected chi connectivity index (χ1v) is 13.8. The Labute approximate surface area is 215 Å². The number of benzene rings is 2. The van der Waals surface area contributed by atoms with Crippen molar-refractivity contribution in [3.63, 3.8) is 0 Å². The number of piperidine rings is 1. The highest BCUT2D eigenvalue weighted by molar-refractivity contribution is 7.10. The van der Waals surface area contributed by atoms with E-state index < -0.39 is 0 Å². The summed E-state index contributed by atoms with van der Waals surface area (Å²) in [6.07, 6.45) is 5.75. The number of phenols is 1. The summed E-state index contributed by atoms with van der Waals surface area (Å²) in [7, 11) is 4.32. The van der Waals surface area contributed by atoms with Crippen molar-refractivity contribution in [3.8, 4) is 5.75 Å². The number of unbranched alkanes of at least 4 members (excludes halogenated alkanes) is 1. The summed E-state index contributed by atoms with van der Waals surface area (Å²) in [6, 6.07) is 21.0. The lowest BCUT2D eigenvalue weighted by Gasteiger charge is -2.46. The minimum atomic E-state index is -0.0276. The van der Waals surface area contributed by atoms with Crippen LogP contribution in [0.3, 0.4) is 0 Å². The lowest BCUT2D eigenvalue weighted by molar-refractivity contribution is 0.0346. The Morgan fingerprint density at radius 1 is 1.03 bits per heavy atom. The van der Waals surface area contributed by atoms with Gasteiger partial charge < -0.3 is 9.84 Å². The second-order valence-corrected chi connectivity index (χ2v) is 11.0. The third kappa shape index (κ3) is 6.53. The monoisotopic (exact) mass is 492 g/mol. The predicted molar refractivity (Wildman–Crippen MR) is 146 cm³/mol. The fourth-order valence-corrected chi connectivity index (χ4v) is 6.12. The molecule has 0 saturated carbocycles. The second-order valence-electron chi connectivity index (χ2n) is 10.0. The zero-order valence-corrected chi connectivity index (χ0v) is 22.3. The molecule has 2 heterocycles. The minimum absolute atomic E-state index is 0.0276. The van der Waals surface area contributed by atoms with Gasteiger partial charge in [-0.25, -0.2) is 0 Å². The zero-order chi connectivity index (χ0) is 24.7. The first kappa shape index (κ1) is 25.9. The highest BCUT2D eigenvalue weighted by atomic mass is 32.1. The molecule has 1 aliphatic heterocycles. The number of phenolic OH excluding ortho intramolecular Hbond substituents is 1. The molecular formula is C30H40N2O2S. The molecule has 1 aliphatic rings. The van der Waals surface area contributed by atoms with Crippen LogP contribution < -0.4 is 0 Å². The van der Waals surface area contributed by atoms with Crippen LogP contribution in [-0.4, -0.2) is 42.1 Å². The van der Waals surface area contributed by atoms with Gasteiger partial charge in [-0.05, 0) is 73.6 Å². The van der Waals surface area contributed by atoms with Crippen molar-refractivity contribution in [2.45, 2.75) is 63.8 Å². The van der Waals surface area contributed by atoms with E-state index in [0.29, 0.717) is 12.4 Å². The first-order chi connectivity index (χ1) is 17.0. The van der Waals surface area contributed by atoms with Gasteiger partial charge in [0.25, 0.3) is 0 Å². The fourth-order valence-electron chi connectivity index (χ4n) is 5.32. The number of likely N-dealkylation sites (tertiary alicyclic amines) is 1. The van der Waals surface area contributed by atoms with E-state index in [9.17, 15) is 5.11 Å². The Morgan fingerprint density at radius 2 is 1.80 bits per heavy atom. The molecule has 4 nitrogen and oxygen atoms in total. The van der Waals surface area contributed by atoms with Crippen LogP contribution in [0, 0.1) is 0 Å². The van der Waals surface area contributed by atoms with Crippen LogP contribution in [0.1, 0.15) is 66.7 Å². The molecule has 0 spiro atoms. The molecule has 4 rings (SSSR count). The molecule has 2 aromatic carbocycles. The quantitative estimate of drug-likeness (QED) is 0.314. The maximum Gasteiger partial charge on any atom is 0.115 e. The van der Waals surface area contributed by atoms with Gasteiger partial charge in [-0.2, -0.15) is 0 Å². The van der Waals surface area contributed by atoms with E-state index in [1.54, 1.807) is 17.4 Å². The van der Waals surface area contributed by atoms with Crippen LogP contribution in [0.4, 0.5) is 0 Å². The lowest BCUT2D eigenvalue weighted by Crippen LogP contribution is -2.50. The van der Waals surface area contributed by atoms with Crippen molar-refractivity contribution in [3.05, 3.63) is 87.6 Å². The third-order valence-corrected chi connectivity index (χ3v) is 8.42. The van der Waals surface area contributed by atoms with Crippen molar-refractivity contribution >= 4 is 11.3 Å². The smallest absolute Gasteiger partial charge is 0.115 e. The summed E-state index contributed by atoms with van der Waals surface area (Å²) in [5, 5.41) is 12.2. The molecule has 5 heteroatoms. The Hall–Kier alpha value is -2.18. The van der Waals surface area contributed by atoms with Gasteiger partial charge in [0.15, 0.2) is 0 Å². The van der Waals surface area contributed by atoms with Gasteiger partial charge in [0, 0.05) is 30.1 Å². The summed E-state index contributed by atoms with van der Waals surface area (Å²) in [6.45, 7) is 5.92. The molecular weight excluding hydrogens is 452 g/mol. The summed E-state index contributed by atoms with van der Waals surface area (Å²) in [5.74, 6) is 0.348. The van der Waals surface area contributed by atoms with E-state index in [1.807, 2.05) is 12.1 Å². The lowest BCUT2D eigenvalue weighted by atomic mass is 9.79. The van der Waals surface area contributed by atoms with Gasteiger partial charge in [0.1, 0.15) is 5.75 Å². The Bertz CT molecular complexity index is 1040. The summed E-state index contributed by atoms with van der Waals surface area (Å²) in [4.78, 5) is 6.22. The topological polar surface area (TPSA) is 35.9 Å². The molecule has 0 aliphatic carbocycles. The van der Waals surface area contributed by atoms with Crippen molar-refractivity contribution in [2.75, 3.05) is 27.2 Å². The SMILES string of the molecule is CCCC[C@@H](OCc1cccc(CN2CCC(c3cccc(O)c3)(N(C)C)CC2)c1)c1cccs1. The summed E-state index contributed by atoms with van der Waals surface area (Å²) < 4.78 is 6.40. The van der Waals surface area contributed by atoms with Crippen LogP contribution in [-0.2, 0) is 23.4 Å². The van der Waals surface area contributed by atoms with E-state index in [4.69, 9.17) is 4.74 Å². The number of hydrogen-bond acceptors (Lipinski definition) is 5. The number of aromatic hydroxyl groups is 1. The van der Waals surface area contributed by atoms with Crippen molar-refractivity contribution in [1.29, 1.82) is 0 Å². The van der Waals surface area contributed by atoms with Gasteiger partial charge in [0.2, 0.25) is 0 Å². The van der Waals surface area contributed by atoms with Gasteiger partial charge in [-0.1, -0.05) is 62.2 Å². The van der Waals surface area contributed by atoms with Crippen LogP contribution >= 0.6 is 11.3 Å². The standard InChI is InChI=1S/C30H40N2O2S/c1-4-5-13-28(29-14-8-19-35-29)34-23-25-10-6-9-24(20-25)22-32-17-15-30(16-18-32,31(2)3)26-11-7-12-27(33)21-26/h6-12,14,19-21,28,33H,4-5,13,15-18,22-23H2,1-3H3/t28-/m1/s1. The zero-order valence-electron chi connectivity index (χ0n) is 21.5. The normalized spacial score (nSPS) is 17.0. The van der Waals surface area contributed by atoms with Crippen LogP contribution in [0.5, 0.6) is 5.75 Å². The van der Waals surface area contributed by atoms with E-state index in [1.165, 1.54) is 34.4 Å². The average molecular weight is 493 g/mol. The van der Waals surface area contributed by atoms with E-state index in [0.717, 1.165) is 38.9 Å². The second kappa shape index (κ2) is 12.2. The highest BCUT2D eigenvalue weighted by Gasteiger charge is 2.38. The molecule has 0 bridgehead atoms. The number of nitrogens with zero attached hydrogens (tertiary/aromatic N) is 2. The third-order valence-electron chi connectivity index (χ3n) is 7.45. The van der Waals surface area contributed by atoms with Gasteiger partial charge in [0.05, 0.1) is 12.7 Å². The van der Waals surface area contributed by atoms with Gasteiger partial charge in [-0.15, -0.1) is 11.3 Å². The molecule has 3 aromatic rings. The summed E-state index contributed by atoms with van der Waals surface area (Å²) >= 11 is 1.79. The Balaban J connectivity index is 1.36. The number of rotatable bonds is 11. The first-order valence-electron chi connectivity index (χ1n) is 12.9.